The maximum absolute atomic E-state index is 13.8. The van der Waals surface area contributed by atoms with Crippen molar-refractivity contribution in [2.45, 2.75) is 56.2 Å². The fraction of sp³-hybridized carbons (Fsp3) is 0.500. The summed E-state index contributed by atoms with van der Waals surface area (Å²) >= 11 is 0. The second kappa shape index (κ2) is 16.3. The minimum Gasteiger partial charge on any atom is -0.465 e. The van der Waals surface area contributed by atoms with Crippen LogP contribution in [0.15, 0.2) is 52.5 Å². The van der Waals surface area contributed by atoms with Crippen LogP contribution >= 0.6 is 0 Å². The number of hydrogen-bond acceptors (Lipinski definition) is 10. The van der Waals surface area contributed by atoms with Crippen LogP contribution in [0.5, 0.6) is 0 Å². The molecular weight excluding hydrogens is 620 g/mol. The summed E-state index contributed by atoms with van der Waals surface area (Å²) < 4.78 is 45.0. The van der Waals surface area contributed by atoms with Gasteiger partial charge < -0.3 is 29.3 Å². The first kappa shape index (κ1) is 34.6. The van der Waals surface area contributed by atoms with Crippen LogP contribution in [-0.4, -0.2) is 113 Å². The second-order valence-electron chi connectivity index (χ2n) is 10.8. The van der Waals surface area contributed by atoms with Crippen LogP contribution in [0.4, 0.5) is 4.79 Å². The molecule has 2 aliphatic rings. The van der Waals surface area contributed by atoms with E-state index in [0.717, 1.165) is 5.39 Å². The van der Waals surface area contributed by atoms with Gasteiger partial charge in [-0.1, -0.05) is 30.3 Å². The molecule has 2 atom stereocenters. The number of sulfonamides is 1. The number of ether oxygens (including phenoxy) is 3. The third kappa shape index (κ3) is 10.1. The molecule has 3 amide bonds. The lowest BCUT2D eigenvalue weighted by Crippen LogP contribution is -2.53. The summed E-state index contributed by atoms with van der Waals surface area (Å²) in [6, 6.07) is 10.1. The number of hydrogen-bond donors (Lipinski definition) is 3. The standard InChI is InChI=1S/C30H40N6O9S/c1-3-43-28(38)19-36(23-10-11-23)29(39)26(34-46(41,42)25-12-9-21-7-5-6-8-22(21)15-25)16-27(37)31-17-24-18-35(13-14-45-24)20-32-33-30(40)44-4-2/h5-9,12,15,20,23-24,26,34H,3-4,10-11,13-14,16-19H2,1-2H3,(H,31,37)(H,33,40)/t24?,26-/m0/s1. The molecule has 46 heavy (non-hydrogen) atoms. The number of carbonyl (C=O) groups is 4. The molecule has 0 aromatic heterocycles. The largest absolute Gasteiger partial charge is 0.465 e. The van der Waals surface area contributed by atoms with E-state index in [2.05, 4.69) is 20.6 Å². The molecule has 2 aromatic carbocycles. The molecule has 1 unspecified atom stereocenters. The van der Waals surface area contributed by atoms with E-state index >= 15 is 0 Å². The van der Waals surface area contributed by atoms with Gasteiger partial charge in [0, 0.05) is 25.7 Å². The van der Waals surface area contributed by atoms with Crippen LogP contribution in [0.25, 0.3) is 10.8 Å². The lowest BCUT2D eigenvalue weighted by atomic mass is 10.1. The minimum absolute atomic E-state index is 0.0671. The van der Waals surface area contributed by atoms with E-state index in [1.807, 2.05) is 12.1 Å². The van der Waals surface area contributed by atoms with Crippen molar-refractivity contribution in [2.75, 3.05) is 46.0 Å². The van der Waals surface area contributed by atoms with Crippen molar-refractivity contribution in [3.8, 4) is 0 Å². The molecule has 0 spiro atoms. The fourth-order valence-corrected chi connectivity index (χ4v) is 6.09. The Morgan fingerprint density at radius 1 is 1.09 bits per heavy atom. The van der Waals surface area contributed by atoms with Crippen LogP contribution < -0.4 is 15.5 Å². The Morgan fingerprint density at radius 3 is 2.54 bits per heavy atom. The highest BCUT2D eigenvalue weighted by Gasteiger charge is 2.39. The number of nitrogens with zero attached hydrogens (tertiary/aromatic N) is 3. The van der Waals surface area contributed by atoms with Crippen molar-refractivity contribution in [1.82, 2.24) is 25.3 Å². The third-order valence-corrected chi connectivity index (χ3v) is 8.71. The summed E-state index contributed by atoms with van der Waals surface area (Å²) in [5.41, 5.74) is 2.24. The van der Waals surface area contributed by atoms with Crippen LogP contribution in [0.3, 0.4) is 0 Å². The van der Waals surface area contributed by atoms with Gasteiger partial charge >= 0.3 is 12.1 Å². The number of amides is 3. The Bertz CT molecular complexity index is 1530. The van der Waals surface area contributed by atoms with E-state index in [-0.39, 0.29) is 37.2 Å². The van der Waals surface area contributed by atoms with Crippen LogP contribution in [0, 0.1) is 0 Å². The summed E-state index contributed by atoms with van der Waals surface area (Å²) in [7, 11) is -4.26. The number of esters is 1. The summed E-state index contributed by atoms with van der Waals surface area (Å²) in [5.74, 6) is -1.91. The van der Waals surface area contributed by atoms with Gasteiger partial charge in [-0.3, -0.25) is 14.4 Å². The summed E-state index contributed by atoms with van der Waals surface area (Å²) in [4.78, 5) is 53.7. The van der Waals surface area contributed by atoms with E-state index in [1.165, 1.54) is 23.4 Å². The van der Waals surface area contributed by atoms with Crippen molar-refractivity contribution in [1.29, 1.82) is 0 Å². The number of rotatable bonds is 15. The molecule has 3 N–H and O–H groups in total. The molecule has 4 rings (SSSR count). The number of carbonyl (C=O) groups excluding carboxylic acids is 4. The van der Waals surface area contributed by atoms with Crippen molar-refractivity contribution in [3.05, 3.63) is 42.5 Å². The molecule has 15 nitrogen and oxygen atoms in total. The van der Waals surface area contributed by atoms with Crippen molar-refractivity contribution >= 4 is 51.0 Å². The highest BCUT2D eigenvalue weighted by molar-refractivity contribution is 7.89. The van der Waals surface area contributed by atoms with Crippen molar-refractivity contribution < 1.29 is 41.8 Å². The average molecular weight is 661 g/mol. The zero-order valence-corrected chi connectivity index (χ0v) is 26.7. The van der Waals surface area contributed by atoms with Gasteiger partial charge in [-0.05, 0) is 49.6 Å². The van der Waals surface area contributed by atoms with Gasteiger partial charge in [-0.15, -0.1) is 0 Å². The summed E-state index contributed by atoms with van der Waals surface area (Å²) in [6.45, 7) is 4.56. The first-order valence-electron chi connectivity index (χ1n) is 15.1. The first-order chi connectivity index (χ1) is 22.1. The zero-order valence-electron chi connectivity index (χ0n) is 25.8. The maximum Gasteiger partial charge on any atom is 0.427 e. The second-order valence-corrected chi connectivity index (χ2v) is 12.5. The Morgan fingerprint density at radius 2 is 1.83 bits per heavy atom. The Labute approximate surface area is 267 Å². The average Bonchev–Trinajstić information content (AvgIpc) is 3.88. The van der Waals surface area contributed by atoms with Gasteiger partial charge in [-0.25, -0.2) is 18.6 Å². The number of benzene rings is 2. The Hall–Kier alpha value is -4.28. The van der Waals surface area contributed by atoms with E-state index in [0.29, 0.717) is 37.9 Å². The van der Waals surface area contributed by atoms with E-state index in [4.69, 9.17) is 14.2 Å². The van der Waals surface area contributed by atoms with Gasteiger partial charge in [0.25, 0.3) is 0 Å². The van der Waals surface area contributed by atoms with Gasteiger partial charge in [0.1, 0.15) is 18.9 Å². The molecule has 1 aliphatic carbocycles. The SMILES string of the molecule is CCOC(=O)CN(C(=O)[C@H](CC(=O)NCC1CN(C=NNC(=O)OCC)CCO1)NS(=O)(=O)c1ccc2ccccc2c1)C1CC1. The quantitative estimate of drug-likeness (QED) is 0.108. The zero-order chi connectivity index (χ0) is 33.1. The van der Waals surface area contributed by atoms with Crippen LogP contribution in [0.1, 0.15) is 33.1 Å². The van der Waals surface area contributed by atoms with Gasteiger partial charge in [0.05, 0.1) is 37.2 Å². The normalized spacial score (nSPS) is 17.3. The third-order valence-electron chi connectivity index (χ3n) is 7.24. The van der Waals surface area contributed by atoms with Gasteiger partial charge in [0.15, 0.2) is 0 Å². The maximum atomic E-state index is 13.8. The van der Waals surface area contributed by atoms with Crippen LogP contribution in [0.2, 0.25) is 0 Å². The fourth-order valence-electron chi connectivity index (χ4n) is 4.87. The summed E-state index contributed by atoms with van der Waals surface area (Å²) in [5, 5.41) is 8.09. The van der Waals surface area contributed by atoms with E-state index in [9.17, 15) is 27.6 Å². The Balaban J connectivity index is 1.44. The smallest absolute Gasteiger partial charge is 0.427 e. The molecule has 2 fully saturated rings. The minimum atomic E-state index is -4.26. The Kier molecular flexibility index (Phi) is 12.3. The monoisotopic (exact) mass is 660 g/mol. The number of nitrogens with one attached hydrogen (secondary N) is 3. The molecule has 250 valence electrons. The van der Waals surface area contributed by atoms with Gasteiger partial charge in [-0.2, -0.15) is 9.82 Å². The lowest BCUT2D eigenvalue weighted by Gasteiger charge is -2.31. The van der Waals surface area contributed by atoms with Gasteiger partial charge in [0.2, 0.25) is 21.8 Å². The van der Waals surface area contributed by atoms with Crippen molar-refractivity contribution in [2.24, 2.45) is 5.10 Å². The highest BCUT2D eigenvalue weighted by Crippen LogP contribution is 2.28. The topological polar surface area (TPSA) is 185 Å². The molecule has 0 bridgehead atoms. The highest BCUT2D eigenvalue weighted by atomic mass is 32.2. The molecule has 1 heterocycles. The van der Waals surface area contributed by atoms with E-state index < -0.39 is 52.5 Å². The predicted molar refractivity (Wildman–Crippen MR) is 167 cm³/mol. The lowest BCUT2D eigenvalue weighted by molar-refractivity contribution is -0.150. The molecule has 1 saturated carbocycles. The number of morpholine rings is 1. The predicted octanol–water partition coefficient (Wildman–Crippen LogP) is 0.937. The van der Waals surface area contributed by atoms with Crippen molar-refractivity contribution in [3.63, 3.8) is 0 Å². The first-order valence-corrected chi connectivity index (χ1v) is 16.6. The molecule has 16 heteroatoms. The molecule has 1 aliphatic heterocycles. The molecule has 2 aromatic rings. The number of fused-ring (bicyclic) bond motifs is 1. The molecule has 1 saturated heterocycles. The molecule has 0 radical (unpaired) electrons. The van der Waals surface area contributed by atoms with E-state index in [1.54, 1.807) is 36.9 Å². The summed E-state index contributed by atoms with van der Waals surface area (Å²) in [6.07, 6.45) is 1.09. The van der Waals surface area contributed by atoms with Crippen LogP contribution in [-0.2, 0) is 38.6 Å². The number of hydrazone groups is 1. The molecular formula is C30H40N6O9S.